The average molecular weight is 503 g/mol. The van der Waals surface area contributed by atoms with Gasteiger partial charge in [-0.1, -0.05) is 127 Å². The molecule has 1 aromatic rings. The Balaban J connectivity index is 2.30. The molecule has 0 aliphatic heterocycles. The third kappa shape index (κ3) is 15.6. The molecule has 36 heavy (non-hydrogen) atoms. The molecule has 6 heteroatoms. The van der Waals surface area contributed by atoms with E-state index in [0.29, 0.717) is 12.8 Å². The lowest BCUT2D eigenvalue weighted by Crippen LogP contribution is -2.49. The lowest BCUT2D eigenvalue weighted by molar-refractivity contribution is -0.141. The largest absolute Gasteiger partial charge is 0.481 e. The highest BCUT2D eigenvalue weighted by molar-refractivity contribution is 5.89. The Kier molecular flexibility index (Phi) is 18.3. The Morgan fingerprint density at radius 3 is 1.72 bits per heavy atom. The molecule has 1 rings (SSSR count). The fourth-order valence-electron chi connectivity index (χ4n) is 4.64. The molecule has 0 aromatic heterocycles. The van der Waals surface area contributed by atoms with Gasteiger partial charge in [0.1, 0.15) is 6.04 Å². The molecule has 0 fully saturated rings. The first kappa shape index (κ1) is 31.7. The molecule has 0 saturated carbocycles. The molecule has 0 heterocycles. The number of likely N-dealkylation sites (N-methyl/N-ethyl adjacent to an activating group) is 1. The van der Waals surface area contributed by atoms with E-state index >= 15 is 0 Å². The van der Waals surface area contributed by atoms with Crippen molar-refractivity contribution in [2.45, 2.75) is 122 Å². The normalized spacial score (nSPS) is 12.6. The van der Waals surface area contributed by atoms with Crippen molar-refractivity contribution in [1.29, 1.82) is 0 Å². The molecular weight excluding hydrogens is 452 g/mol. The minimum absolute atomic E-state index is 0.212. The van der Waals surface area contributed by atoms with E-state index in [4.69, 9.17) is 0 Å². The van der Waals surface area contributed by atoms with Gasteiger partial charge in [0, 0.05) is 19.4 Å². The summed E-state index contributed by atoms with van der Waals surface area (Å²) in [5.41, 5.74) is 0.938. The van der Waals surface area contributed by atoms with Crippen molar-refractivity contribution < 1.29 is 19.5 Å². The van der Waals surface area contributed by atoms with Crippen molar-refractivity contribution in [2.75, 3.05) is 7.05 Å². The van der Waals surface area contributed by atoms with E-state index in [1.165, 1.54) is 77.7 Å². The van der Waals surface area contributed by atoms with Crippen molar-refractivity contribution in [1.82, 2.24) is 10.6 Å². The first-order valence-electron chi connectivity index (χ1n) is 14.3. The van der Waals surface area contributed by atoms with E-state index in [0.717, 1.165) is 24.8 Å². The molecular formula is C30H50N2O4. The second kappa shape index (κ2) is 20.8. The monoisotopic (exact) mass is 502 g/mol. The van der Waals surface area contributed by atoms with Gasteiger partial charge in [-0.05, 0) is 12.0 Å². The molecule has 3 N–H and O–H groups in total. The van der Waals surface area contributed by atoms with Crippen LogP contribution in [-0.2, 0) is 20.8 Å². The summed E-state index contributed by atoms with van der Waals surface area (Å²) >= 11 is 0. The van der Waals surface area contributed by atoms with Crippen LogP contribution in [0.25, 0.3) is 0 Å². The first-order valence-corrected chi connectivity index (χ1v) is 14.3. The quantitative estimate of drug-likeness (QED) is 0.159. The number of nitrogens with one attached hydrogen (secondary N) is 2. The van der Waals surface area contributed by atoms with Gasteiger partial charge in [-0.3, -0.25) is 14.4 Å². The minimum atomic E-state index is -0.986. The zero-order chi connectivity index (χ0) is 26.4. The summed E-state index contributed by atoms with van der Waals surface area (Å²) in [7, 11) is 1.54. The van der Waals surface area contributed by atoms with Crippen LogP contribution in [0.1, 0.15) is 115 Å². The Bertz CT molecular complexity index is 723. The number of carboxylic acid groups (broad SMARTS) is 1. The highest BCUT2D eigenvalue weighted by Crippen LogP contribution is 2.18. The van der Waals surface area contributed by atoms with Gasteiger partial charge in [0.2, 0.25) is 11.8 Å². The number of benzene rings is 1. The van der Waals surface area contributed by atoms with Gasteiger partial charge in [0.05, 0.1) is 6.42 Å². The van der Waals surface area contributed by atoms with E-state index < -0.39 is 17.9 Å². The summed E-state index contributed by atoms with van der Waals surface area (Å²) in [5.74, 6) is -2.24. The van der Waals surface area contributed by atoms with Crippen molar-refractivity contribution in [2.24, 2.45) is 5.92 Å². The number of hydrogen-bond acceptors (Lipinski definition) is 3. The summed E-state index contributed by atoms with van der Waals surface area (Å²) in [5, 5.41) is 14.7. The van der Waals surface area contributed by atoms with Crippen LogP contribution in [0.4, 0.5) is 0 Å². The molecule has 0 saturated heterocycles. The predicted octanol–water partition coefficient (Wildman–Crippen LogP) is 6.42. The van der Waals surface area contributed by atoms with Crippen molar-refractivity contribution in [3.05, 3.63) is 35.9 Å². The minimum Gasteiger partial charge on any atom is -0.481 e. The summed E-state index contributed by atoms with van der Waals surface area (Å²) in [6.45, 7) is 2.25. The second-order valence-corrected chi connectivity index (χ2v) is 10.0. The van der Waals surface area contributed by atoms with Crippen molar-refractivity contribution in [3.63, 3.8) is 0 Å². The van der Waals surface area contributed by atoms with Crippen LogP contribution in [0.2, 0.25) is 0 Å². The second-order valence-electron chi connectivity index (χ2n) is 10.0. The van der Waals surface area contributed by atoms with E-state index in [1.807, 2.05) is 30.3 Å². The van der Waals surface area contributed by atoms with Crippen LogP contribution < -0.4 is 10.6 Å². The van der Waals surface area contributed by atoms with E-state index in [1.54, 1.807) is 0 Å². The third-order valence-electron chi connectivity index (χ3n) is 6.86. The summed E-state index contributed by atoms with van der Waals surface area (Å²) in [4.78, 5) is 36.6. The third-order valence-corrected chi connectivity index (χ3v) is 6.86. The van der Waals surface area contributed by atoms with E-state index in [9.17, 15) is 19.5 Å². The summed E-state index contributed by atoms with van der Waals surface area (Å²) in [6, 6.07) is 8.77. The van der Waals surface area contributed by atoms with Gasteiger partial charge in [-0.25, -0.2) is 0 Å². The van der Waals surface area contributed by atoms with Crippen molar-refractivity contribution >= 4 is 17.8 Å². The molecule has 2 amide bonds. The highest BCUT2D eigenvalue weighted by atomic mass is 16.4. The summed E-state index contributed by atoms with van der Waals surface area (Å²) in [6.07, 6.45) is 18.2. The maximum absolute atomic E-state index is 12.9. The maximum atomic E-state index is 12.9. The standard InChI is InChI=1S/C30H50N2O4/c1-3-4-5-6-7-8-9-10-11-12-13-14-15-19-22-26(24-28(33)34)29(35)32-27(30(36)31-2)23-25-20-17-16-18-21-25/h16-18,20-21,26-27H,3-15,19,22-24H2,1-2H3,(H,31,36)(H,32,35)(H,33,34)/t26?,27-/m0/s1. The number of carbonyl (C=O) groups is 3. The molecule has 0 radical (unpaired) electrons. The number of carboxylic acids is 1. The smallest absolute Gasteiger partial charge is 0.304 e. The van der Waals surface area contributed by atoms with Gasteiger partial charge >= 0.3 is 5.97 Å². The maximum Gasteiger partial charge on any atom is 0.304 e. The average Bonchev–Trinajstić information content (AvgIpc) is 2.87. The molecule has 1 unspecified atom stereocenters. The van der Waals surface area contributed by atoms with Crippen LogP contribution in [0.15, 0.2) is 30.3 Å². The number of amides is 2. The molecule has 2 atom stereocenters. The number of unbranched alkanes of at least 4 members (excludes halogenated alkanes) is 13. The van der Waals surface area contributed by atoms with Gasteiger partial charge in [0.25, 0.3) is 0 Å². The molecule has 6 nitrogen and oxygen atoms in total. The number of aliphatic carboxylic acids is 1. The highest BCUT2D eigenvalue weighted by Gasteiger charge is 2.26. The Labute approximate surface area is 219 Å². The Hall–Kier alpha value is -2.37. The molecule has 0 aliphatic carbocycles. The molecule has 0 spiro atoms. The summed E-state index contributed by atoms with van der Waals surface area (Å²) < 4.78 is 0. The van der Waals surface area contributed by atoms with Gasteiger partial charge in [0.15, 0.2) is 0 Å². The molecule has 1 aromatic carbocycles. The van der Waals surface area contributed by atoms with Crippen LogP contribution in [0.3, 0.4) is 0 Å². The van der Waals surface area contributed by atoms with Crippen LogP contribution in [0, 0.1) is 5.92 Å². The van der Waals surface area contributed by atoms with Gasteiger partial charge in [-0.2, -0.15) is 0 Å². The van der Waals surface area contributed by atoms with Gasteiger partial charge < -0.3 is 15.7 Å². The Morgan fingerprint density at radius 2 is 1.25 bits per heavy atom. The predicted molar refractivity (Wildman–Crippen MR) is 147 cm³/mol. The van der Waals surface area contributed by atoms with Crippen LogP contribution in [-0.4, -0.2) is 36.0 Å². The molecule has 204 valence electrons. The lowest BCUT2D eigenvalue weighted by atomic mass is 9.95. The van der Waals surface area contributed by atoms with Crippen LogP contribution in [0.5, 0.6) is 0 Å². The number of carbonyl (C=O) groups excluding carboxylic acids is 2. The zero-order valence-corrected chi connectivity index (χ0v) is 22.7. The topological polar surface area (TPSA) is 95.5 Å². The van der Waals surface area contributed by atoms with E-state index in [2.05, 4.69) is 17.6 Å². The van der Waals surface area contributed by atoms with E-state index in [-0.39, 0.29) is 18.2 Å². The van der Waals surface area contributed by atoms with Crippen LogP contribution >= 0.6 is 0 Å². The van der Waals surface area contributed by atoms with Crippen molar-refractivity contribution in [3.8, 4) is 0 Å². The fourth-order valence-corrected chi connectivity index (χ4v) is 4.64. The fraction of sp³-hybridized carbons (Fsp3) is 0.700. The first-order chi connectivity index (χ1) is 17.5. The number of rotatable bonds is 22. The molecule has 0 bridgehead atoms. The number of hydrogen-bond donors (Lipinski definition) is 3. The lowest BCUT2D eigenvalue weighted by Gasteiger charge is -2.21. The van der Waals surface area contributed by atoms with Gasteiger partial charge in [-0.15, -0.1) is 0 Å². The zero-order valence-electron chi connectivity index (χ0n) is 22.7. The molecule has 0 aliphatic rings. The Morgan fingerprint density at radius 1 is 0.750 bits per heavy atom. The SMILES string of the molecule is CCCCCCCCCCCCCCCCC(CC(=O)O)C(=O)N[C@@H](Cc1ccccc1)C(=O)NC.